The molecular weight excluding hydrogens is 399 g/mol. The Morgan fingerprint density at radius 2 is 1.26 bits per heavy atom. The second-order valence-electron chi connectivity index (χ2n) is 7.77. The molecule has 0 aliphatic rings. The minimum absolute atomic E-state index is 0. The summed E-state index contributed by atoms with van der Waals surface area (Å²) in [6.45, 7) is 4.32. The van der Waals surface area contributed by atoms with Crippen LogP contribution in [0, 0.1) is 0 Å². The van der Waals surface area contributed by atoms with Crippen LogP contribution >= 0.6 is 0 Å². The molecule has 172 valence electrons. The average molecular weight is 443 g/mol. The first-order valence-corrected chi connectivity index (χ1v) is 12.0. The van der Waals surface area contributed by atoms with E-state index in [9.17, 15) is 14.7 Å². The zero-order chi connectivity index (χ0) is 22.3. The summed E-state index contributed by atoms with van der Waals surface area (Å²) in [7, 11) is 0. The third-order valence-corrected chi connectivity index (χ3v) is 4.88. The van der Waals surface area contributed by atoms with Crippen molar-refractivity contribution in [1.82, 2.24) is 0 Å². The van der Waals surface area contributed by atoms with E-state index < -0.39 is 18.0 Å². The first-order chi connectivity index (χ1) is 14.6. The number of hydrogen-bond acceptors (Lipinski definition) is 4. The molecule has 0 aromatic rings. The molecule has 0 heterocycles. The van der Waals surface area contributed by atoms with Crippen LogP contribution in [0.15, 0.2) is 36.5 Å². The maximum Gasteiger partial charge on any atom is 1.00 e. The third-order valence-electron chi connectivity index (χ3n) is 4.88. The van der Waals surface area contributed by atoms with Gasteiger partial charge in [0.2, 0.25) is 0 Å². The van der Waals surface area contributed by atoms with Gasteiger partial charge in [-0.1, -0.05) is 82.4 Å². The number of carbonyl (C=O) groups is 2. The number of rotatable bonds is 20. The van der Waals surface area contributed by atoms with Crippen LogP contribution in [-0.2, 0) is 14.3 Å². The van der Waals surface area contributed by atoms with Crippen LogP contribution < -0.4 is 34.7 Å². The predicted molar refractivity (Wildman–Crippen MR) is 123 cm³/mol. The number of carbonyl (C=O) groups excluding carboxylic acids is 2. The summed E-state index contributed by atoms with van der Waals surface area (Å²) in [4.78, 5) is 22.9. The first kappa shape index (κ1) is 32.3. The van der Waals surface area contributed by atoms with E-state index >= 15 is 0 Å². The third kappa shape index (κ3) is 23.6. The van der Waals surface area contributed by atoms with Crippen LogP contribution in [0.4, 0.5) is 0 Å². The number of esters is 1. The monoisotopic (exact) mass is 442 g/mol. The van der Waals surface area contributed by atoms with Gasteiger partial charge >= 0.3 is 35.5 Å². The van der Waals surface area contributed by atoms with Gasteiger partial charge in [-0.2, -0.15) is 0 Å². The van der Waals surface area contributed by atoms with Crippen molar-refractivity contribution < 1.29 is 49.0 Å². The number of carboxylic acids is 1. The van der Waals surface area contributed by atoms with E-state index in [0.717, 1.165) is 51.4 Å². The summed E-state index contributed by atoms with van der Waals surface area (Å²) in [5.74, 6) is -1.72. The fraction of sp³-hybridized carbons (Fsp3) is 0.692. The molecule has 0 aromatic carbocycles. The van der Waals surface area contributed by atoms with Crippen LogP contribution in [0.2, 0.25) is 0 Å². The Labute approximate surface area is 212 Å². The van der Waals surface area contributed by atoms with E-state index in [-0.39, 0.29) is 36.0 Å². The molecular formula is C26H43NaO4. The van der Waals surface area contributed by atoms with E-state index in [1.165, 1.54) is 25.7 Å². The minimum atomic E-state index is -1.29. The molecule has 0 fully saturated rings. The molecule has 4 nitrogen and oxygen atoms in total. The maximum absolute atomic E-state index is 11.8. The van der Waals surface area contributed by atoms with Crippen molar-refractivity contribution in [2.24, 2.45) is 0 Å². The minimum Gasteiger partial charge on any atom is -0.546 e. The fourth-order valence-corrected chi connectivity index (χ4v) is 3.02. The van der Waals surface area contributed by atoms with Crippen LogP contribution in [0.5, 0.6) is 0 Å². The Balaban J connectivity index is 0. The molecule has 0 spiro atoms. The summed E-state index contributed by atoms with van der Waals surface area (Å²) >= 11 is 0. The number of unbranched alkanes of at least 4 members (excludes halogenated alkanes) is 8. The Kier molecular flexibility index (Phi) is 26.5. The maximum atomic E-state index is 11.8. The molecule has 0 aliphatic heterocycles. The van der Waals surface area contributed by atoms with Gasteiger partial charge < -0.3 is 14.6 Å². The van der Waals surface area contributed by atoms with Gasteiger partial charge in [0.15, 0.2) is 0 Å². The summed E-state index contributed by atoms with van der Waals surface area (Å²) in [6, 6.07) is 0. The van der Waals surface area contributed by atoms with Gasteiger partial charge in [0.25, 0.3) is 0 Å². The second-order valence-corrected chi connectivity index (χ2v) is 7.77. The smallest absolute Gasteiger partial charge is 0.546 e. The quantitative estimate of drug-likeness (QED) is 0.126. The molecule has 0 aromatic heterocycles. The van der Waals surface area contributed by atoms with Crippen molar-refractivity contribution in [2.45, 2.75) is 116 Å². The zero-order valence-electron chi connectivity index (χ0n) is 20.3. The van der Waals surface area contributed by atoms with Gasteiger partial charge in [0.05, 0.1) is 5.97 Å². The molecule has 0 N–H and O–H groups in total. The van der Waals surface area contributed by atoms with Crippen molar-refractivity contribution in [3.63, 3.8) is 0 Å². The van der Waals surface area contributed by atoms with Crippen molar-refractivity contribution in [3.8, 4) is 0 Å². The standard InChI is InChI=1S/C26H44O4.Na/c1-3-5-7-9-10-11-12-13-14-15-16-17-18-19-21-23-25(27)30-24(26(28)29)22-20-8-6-4-2;/h10-11,13-14,16-17,24H,3-9,12,15,18-23H2,1-2H3,(H,28,29);/q;+1/p-1/b11-10-,14-13-,17-16-;. The van der Waals surface area contributed by atoms with Gasteiger partial charge in [-0.25, -0.2) is 0 Å². The van der Waals surface area contributed by atoms with Gasteiger partial charge in [0.1, 0.15) is 6.10 Å². The fourth-order valence-electron chi connectivity index (χ4n) is 3.02. The molecule has 0 rings (SSSR count). The molecule has 0 radical (unpaired) electrons. The molecule has 31 heavy (non-hydrogen) atoms. The Hall–Kier alpha value is -0.840. The number of hydrogen-bond donors (Lipinski definition) is 0. The summed E-state index contributed by atoms with van der Waals surface area (Å²) in [6.07, 6.45) is 26.0. The molecule has 5 heteroatoms. The topological polar surface area (TPSA) is 66.4 Å². The molecule has 1 unspecified atom stereocenters. The largest absolute Gasteiger partial charge is 1.00 e. The Bertz CT molecular complexity index is 512. The van der Waals surface area contributed by atoms with Crippen molar-refractivity contribution in [1.29, 1.82) is 0 Å². The first-order valence-electron chi connectivity index (χ1n) is 12.0. The van der Waals surface area contributed by atoms with E-state index in [1.54, 1.807) is 0 Å². The van der Waals surface area contributed by atoms with Crippen LogP contribution in [0.1, 0.15) is 110 Å². The second kappa shape index (κ2) is 25.4. The molecule has 0 amide bonds. The van der Waals surface area contributed by atoms with Gasteiger partial charge in [-0.3, -0.25) is 4.79 Å². The summed E-state index contributed by atoms with van der Waals surface area (Å²) < 4.78 is 5.08. The van der Waals surface area contributed by atoms with Crippen molar-refractivity contribution in [2.75, 3.05) is 0 Å². The molecule has 0 saturated heterocycles. The van der Waals surface area contributed by atoms with Crippen LogP contribution in [-0.4, -0.2) is 18.0 Å². The van der Waals surface area contributed by atoms with E-state index in [1.807, 2.05) is 0 Å². The summed E-state index contributed by atoms with van der Waals surface area (Å²) in [5, 5.41) is 11.1. The Morgan fingerprint density at radius 3 is 1.81 bits per heavy atom. The van der Waals surface area contributed by atoms with Crippen LogP contribution in [0.25, 0.3) is 0 Å². The number of allylic oxidation sites excluding steroid dienone is 6. The molecule has 0 aliphatic carbocycles. The van der Waals surface area contributed by atoms with E-state index in [4.69, 9.17) is 4.74 Å². The van der Waals surface area contributed by atoms with E-state index in [2.05, 4.69) is 50.3 Å². The van der Waals surface area contributed by atoms with Crippen molar-refractivity contribution >= 4 is 11.9 Å². The number of aliphatic carboxylic acids is 1. The van der Waals surface area contributed by atoms with Gasteiger partial charge in [0, 0.05) is 6.42 Å². The molecule has 0 bridgehead atoms. The SMILES string of the molecule is CCCCC/C=C\C/C=C\C/C=C\CCCCC(=O)OC(CCCCCC)C(=O)[O-].[Na+]. The normalized spacial score (nSPS) is 12.5. The Morgan fingerprint density at radius 1 is 0.742 bits per heavy atom. The molecule has 1 atom stereocenters. The average Bonchev–Trinajstić information content (AvgIpc) is 2.73. The predicted octanol–water partition coefficient (Wildman–Crippen LogP) is 3.21. The van der Waals surface area contributed by atoms with Crippen molar-refractivity contribution in [3.05, 3.63) is 36.5 Å². The summed E-state index contributed by atoms with van der Waals surface area (Å²) in [5.41, 5.74) is 0. The molecule has 0 saturated carbocycles. The zero-order valence-corrected chi connectivity index (χ0v) is 22.3. The number of carboxylic acid groups (broad SMARTS) is 1. The van der Waals surface area contributed by atoms with Gasteiger partial charge in [-0.05, 0) is 57.8 Å². The van der Waals surface area contributed by atoms with E-state index in [0.29, 0.717) is 12.8 Å². The van der Waals surface area contributed by atoms with Crippen LogP contribution in [0.3, 0.4) is 0 Å². The number of ether oxygens (including phenoxy) is 1. The van der Waals surface area contributed by atoms with Gasteiger partial charge in [-0.15, -0.1) is 0 Å².